The van der Waals surface area contributed by atoms with Gasteiger partial charge < -0.3 is 20.5 Å². The molecule has 4 atom stereocenters. The smallest absolute Gasteiger partial charge is 0.407 e. The average Bonchev–Trinajstić information content (AvgIpc) is 3.34. The van der Waals surface area contributed by atoms with Crippen LogP contribution in [0.4, 0.5) is 4.79 Å². The molecule has 0 heterocycles. The summed E-state index contributed by atoms with van der Waals surface area (Å²) in [6, 6.07) is 16.2. The van der Waals surface area contributed by atoms with E-state index in [0.29, 0.717) is 18.8 Å². The summed E-state index contributed by atoms with van der Waals surface area (Å²) < 4.78 is 5.45. The number of carbonyl (C=O) groups excluding carboxylic acids is 2. The Morgan fingerprint density at radius 2 is 1.65 bits per heavy atom. The Morgan fingerprint density at radius 3 is 2.32 bits per heavy atom. The van der Waals surface area contributed by atoms with Crippen LogP contribution in [-0.2, 0) is 14.3 Å². The molecule has 0 aromatic heterocycles. The molecular weight excluding hydrogens is 432 g/mol. The van der Waals surface area contributed by atoms with E-state index in [1.807, 2.05) is 24.3 Å². The lowest BCUT2D eigenvalue weighted by molar-refractivity contribution is -0.141. The van der Waals surface area contributed by atoms with Crippen molar-refractivity contribution in [1.29, 1.82) is 0 Å². The normalized spacial score (nSPS) is 23.9. The maximum atomic E-state index is 12.2. The monoisotopic (exact) mass is 458 g/mol. The lowest BCUT2D eigenvalue weighted by Gasteiger charge is -2.40. The molecule has 174 valence electrons. The fraction of sp³-hybridized carbons (Fsp3) is 0.370. The maximum absolute atomic E-state index is 12.2. The first-order chi connectivity index (χ1) is 16.5. The Morgan fingerprint density at radius 1 is 0.971 bits per heavy atom. The zero-order valence-corrected chi connectivity index (χ0v) is 18.6. The molecule has 0 aliphatic heterocycles. The number of ether oxygens (including phenoxy) is 1. The molecule has 3 aliphatic carbocycles. The molecule has 7 nitrogen and oxygen atoms in total. The van der Waals surface area contributed by atoms with Gasteiger partial charge in [-0.2, -0.15) is 0 Å². The van der Waals surface area contributed by atoms with Crippen LogP contribution in [-0.4, -0.2) is 42.3 Å². The lowest BCUT2D eigenvalue weighted by Crippen LogP contribution is -2.50. The van der Waals surface area contributed by atoms with Gasteiger partial charge in [-0.25, -0.2) is 4.79 Å². The lowest BCUT2D eigenvalue weighted by atomic mass is 9.71. The zero-order chi connectivity index (χ0) is 23.7. The minimum atomic E-state index is -0.751. The van der Waals surface area contributed by atoms with Crippen LogP contribution < -0.4 is 10.6 Å². The van der Waals surface area contributed by atoms with Crippen molar-refractivity contribution in [2.75, 3.05) is 13.2 Å². The predicted octanol–water partition coefficient (Wildman–Crippen LogP) is 3.14. The van der Waals surface area contributed by atoms with Crippen LogP contribution in [0.3, 0.4) is 0 Å². The summed E-state index contributed by atoms with van der Waals surface area (Å²) in [7, 11) is 0. The highest BCUT2D eigenvalue weighted by Gasteiger charge is 2.49. The molecule has 3 aliphatic rings. The van der Waals surface area contributed by atoms with Gasteiger partial charge in [0.05, 0.1) is 12.5 Å². The second-order valence-electron chi connectivity index (χ2n) is 9.23. The van der Waals surface area contributed by atoms with Gasteiger partial charge in [-0.15, -0.1) is 0 Å². The SMILES string of the molecule is O=C(C#CCNC(=O)OCC1c2ccccc2-c2ccccc21)NC1CC2CC(C(=O)O)CC21. The van der Waals surface area contributed by atoms with Crippen LogP contribution in [0.5, 0.6) is 0 Å². The largest absolute Gasteiger partial charge is 0.481 e. The fourth-order valence-electron chi connectivity index (χ4n) is 5.69. The van der Waals surface area contributed by atoms with Gasteiger partial charge in [0.2, 0.25) is 0 Å². The number of amides is 2. The predicted molar refractivity (Wildman–Crippen MR) is 125 cm³/mol. The third-order valence-corrected chi connectivity index (χ3v) is 7.36. The number of benzene rings is 2. The number of aliphatic carboxylic acids is 1. The van der Waals surface area contributed by atoms with E-state index in [4.69, 9.17) is 9.84 Å². The molecule has 2 aromatic rings. The van der Waals surface area contributed by atoms with Crippen molar-refractivity contribution in [2.45, 2.75) is 31.2 Å². The molecule has 0 spiro atoms. The number of carboxylic acids is 1. The molecule has 34 heavy (non-hydrogen) atoms. The first-order valence-corrected chi connectivity index (χ1v) is 11.6. The Bertz CT molecular complexity index is 1150. The molecule has 0 saturated heterocycles. The van der Waals surface area contributed by atoms with Gasteiger partial charge in [0.25, 0.3) is 5.91 Å². The highest BCUT2D eigenvalue weighted by molar-refractivity contribution is 5.93. The molecule has 5 rings (SSSR count). The number of nitrogens with one attached hydrogen (secondary N) is 2. The van der Waals surface area contributed by atoms with Gasteiger partial charge in [0.15, 0.2) is 0 Å². The third-order valence-electron chi connectivity index (χ3n) is 7.36. The first-order valence-electron chi connectivity index (χ1n) is 11.6. The number of alkyl carbamates (subject to hydrolysis) is 1. The van der Waals surface area contributed by atoms with Crippen LogP contribution >= 0.6 is 0 Å². The summed E-state index contributed by atoms with van der Waals surface area (Å²) >= 11 is 0. The summed E-state index contributed by atoms with van der Waals surface area (Å²) in [4.78, 5) is 35.4. The van der Waals surface area contributed by atoms with E-state index >= 15 is 0 Å². The van der Waals surface area contributed by atoms with Crippen LogP contribution in [0.15, 0.2) is 48.5 Å². The van der Waals surface area contributed by atoms with Crippen LogP contribution in [0.2, 0.25) is 0 Å². The second kappa shape index (κ2) is 9.22. The number of carboxylic acid groups (broad SMARTS) is 1. The summed E-state index contributed by atoms with van der Waals surface area (Å²) in [5, 5.41) is 14.6. The summed E-state index contributed by atoms with van der Waals surface area (Å²) in [6.45, 7) is 0.219. The second-order valence-corrected chi connectivity index (χ2v) is 9.23. The van der Waals surface area contributed by atoms with Crippen molar-refractivity contribution in [1.82, 2.24) is 10.6 Å². The van der Waals surface area contributed by atoms with Gasteiger partial charge in [0, 0.05) is 12.0 Å². The number of hydrogen-bond acceptors (Lipinski definition) is 4. The van der Waals surface area contributed by atoms with Crippen molar-refractivity contribution in [3.05, 3.63) is 59.7 Å². The van der Waals surface area contributed by atoms with Crippen molar-refractivity contribution in [2.24, 2.45) is 17.8 Å². The number of rotatable bonds is 5. The van der Waals surface area contributed by atoms with Crippen LogP contribution in [0.1, 0.15) is 36.3 Å². The molecule has 2 fully saturated rings. The Hall–Kier alpha value is -3.79. The van der Waals surface area contributed by atoms with Crippen LogP contribution in [0, 0.1) is 29.6 Å². The molecule has 0 bridgehead atoms. The van der Waals surface area contributed by atoms with Gasteiger partial charge in [0.1, 0.15) is 6.61 Å². The molecule has 2 saturated carbocycles. The minimum absolute atomic E-state index is 0.00189. The van der Waals surface area contributed by atoms with E-state index in [1.54, 1.807) is 0 Å². The molecule has 2 amide bonds. The highest BCUT2D eigenvalue weighted by Crippen LogP contribution is 2.49. The quantitative estimate of drug-likeness (QED) is 0.597. The molecule has 2 aromatic carbocycles. The Balaban J connectivity index is 1.07. The molecule has 3 N–H and O–H groups in total. The van der Waals surface area contributed by atoms with Gasteiger partial charge in [-0.3, -0.25) is 9.59 Å². The summed E-state index contributed by atoms with van der Waals surface area (Å²) in [6.07, 6.45) is 1.54. The van der Waals surface area contributed by atoms with Crippen molar-refractivity contribution < 1.29 is 24.2 Å². The Kier molecular flexibility index (Phi) is 5.97. The van der Waals surface area contributed by atoms with Crippen molar-refractivity contribution in [3.63, 3.8) is 0 Å². The molecule has 0 radical (unpaired) electrons. The summed E-state index contributed by atoms with van der Waals surface area (Å²) in [5.41, 5.74) is 4.61. The van der Waals surface area contributed by atoms with E-state index in [0.717, 1.165) is 28.7 Å². The zero-order valence-electron chi connectivity index (χ0n) is 18.6. The van der Waals surface area contributed by atoms with Gasteiger partial charge >= 0.3 is 12.1 Å². The number of carbonyl (C=O) groups is 3. The van der Waals surface area contributed by atoms with Gasteiger partial charge in [-0.05, 0) is 59.3 Å². The maximum Gasteiger partial charge on any atom is 0.407 e. The van der Waals surface area contributed by atoms with E-state index in [1.165, 1.54) is 0 Å². The average molecular weight is 459 g/mol. The molecule has 4 unspecified atom stereocenters. The van der Waals surface area contributed by atoms with E-state index in [2.05, 4.69) is 46.7 Å². The Labute approximate surface area is 197 Å². The van der Waals surface area contributed by atoms with E-state index in [-0.39, 0.29) is 36.9 Å². The standard InChI is InChI=1S/C27H26N2O5/c30-25(29-24-14-16-12-17(26(31)32)13-22(16)24)10-5-11-28-27(33)34-15-23-20-8-3-1-6-18(20)19-7-2-4-9-21(19)23/h1-4,6-9,16-17,22-24H,11-15H2,(H,28,33)(H,29,30)(H,31,32). The fourth-order valence-corrected chi connectivity index (χ4v) is 5.69. The molecule has 7 heteroatoms. The summed E-state index contributed by atoms with van der Waals surface area (Å²) in [5.74, 6) is 4.27. The highest BCUT2D eigenvalue weighted by atomic mass is 16.5. The van der Waals surface area contributed by atoms with Crippen molar-refractivity contribution in [3.8, 4) is 23.0 Å². The molecular formula is C27H26N2O5. The van der Waals surface area contributed by atoms with E-state index in [9.17, 15) is 14.4 Å². The topological polar surface area (TPSA) is 105 Å². The van der Waals surface area contributed by atoms with Crippen LogP contribution in [0.25, 0.3) is 11.1 Å². The number of fused-ring (bicyclic) bond motifs is 4. The number of hydrogen-bond donors (Lipinski definition) is 3. The minimum Gasteiger partial charge on any atom is -0.481 e. The first kappa shape index (κ1) is 22.0. The van der Waals surface area contributed by atoms with Crippen molar-refractivity contribution >= 4 is 18.0 Å². The van der Waals surface area contributed by atoms with Gasteiger partial charge in [-0.1, -0.05) is 54.5 Å². The third kappa shape index (κ3) is 4.24. The van der Waals surface area contributed by atoms with E-state index < -0.39 is 18.0 Å².